The monoisotopic (exact) mass is 242 g/mol. The molecule has 3 rings (SSSR count). The zero-order chi connectivity index (χ0) is 12.4. The maximum Gasteiger partial charge on any atom is 0.224 e. The van der Waals surface area contributed by atoms with E-state index in [0.29, 0.717) is 11.7 Å². The highest BCUT2D eigenvalue weighted by atomic mass is 16.5. The molecule has 0 saturated heterocycles. The standard InChI is InChI=1S/C13H14N4O/c14-12-7-13(17-8-16-12)18-10-3-4-11-9(6-10)2-1-5-15-11/h3-4,6-8,15H,1-2,5H2,(H2,14,16,17). The van der Waals surface area contributed by atoms with E-state index in [4.69, 9.17) is 10.5 Å². The summed E-state index contributed by atoms with van der Waals surface area (Å²) in [4.78, 5) is 7.85. The molecular formula is C13H14N4O. The van der Waals surface area contributed by atoms with Gasteiger partial charge in [0, 0.05) is 18.3 Å². The van der Waals surface area contributed by atoms with Crippen molar-refractivity contribution in [2.45, 2.75) is 12.8 Å². The van der Waals surface area contributed by atoms with Crippen molar-refractivity contribution in [2.24, 2.45) is 0 Å². The van der Waals surface area contributed by atoms with Crippen molar-refractivity contribution in [2.75, 3.05) is 17.6 Å². The summed E-state index contributed by atoms with van der Waals surface area (Å²) in [7, 11) is 0. The molecule has 5 heteroatoms. The zero-order valence-corrected chi connectivity index (χ0v) is 9.89. The zero-order valence-electron chi connectivity index (χ0n) is 9.89. The second-order valence-corrected chi connectivity index (χ2v) is 4.23. The highest BCUT2D eigenvalue weighted by Crippen LogP contribution is 2.28. The summed E-state index contributed by atoms with van der Waals surface area (Å²) < 4.78 is 5.67. The van der Waals surface area contributed by atoms with Gasteiger partial charge in [0.05, 0.1) is 0 Å². The third-order valence-corrected chi connectivity index (χ3v) is 2.90. The van der Waals surface area contributed by atoms with Crippen molar-refractivity contribution in [1.82, 2.24) is 9.97 Å². The molecule has 0 atom stereocenters. The molecule has 0 saturated carbocycles. The van der Waals surface area contributed by atoms with Crippen LogP contribution in [0.15, 0.2) is 30.6 Å². The molecule has 1 aromatic carbocycles. The number of fused-ring (bicyclic) bond motifs is 1. The topological polar surface area (TPSA) is 73.1 Å². The van der Waals surface area contributed by atoms with Crippen molar-refractivity contribution in [3.63, 3.8) is 0 Å². The maximum atomic E-state index is 5.67. The molecule has 92 valence electrons. The molecule has 0 amide bonds. The summed E-state index contributed by atoms with van der Waals surface area (Å²) in [6.07, 6.45) is 3.62. The van der Waals surface area contributed by atoms with Crippen LogP contribution >= 0.6 is 0 Å². The van der Waals surface area contributed by atoms with E-state index in [-0.39, 0.29) is 0 Å². The van der Waals surface area contributed by atoms with Gasteiger partial charge in [-0.2, -0.15) is 0 Å². The highest BCUT2D eigenvalue weighted by Gasteiger charge is 2.09. The minimum absolute atomic E-state index is 0.402. The number of nitrogen functional groups attached to an aromatic ring is 1. The second-order valence-electron chi connectivity index (χ2n) is 4.23. The normalized spacial score (nSPS) is 13.6. The molecule has 0 radical (unpaired) electrons. The first-order valence-electron chi connectivity index (χ1n) is 5.93. The Bertz CT molecular complexity index is 571. The summed E-state index contributed by atoms with van der Waals surface area (Å²) in [5, 5.41) is 3.36. The average molecular weight is 242 g/mol. The van der Waals surface area contributed by atoms with Crippen LogP contribution in [0.4, 0.5) is 11.5 Å². The van der Waals surface area contributed by atoms with Crippen LogP contribution in [0.25, 0.3) is 0 Å². The molecule has 0 fully saturated rings. The van der Waals surface area contributed by atoms with Crippen molar-refractivity contribution in [3.05, 3.63) is 36.2 Å². The smallest absolute Gasteiger partial charge is 0.224 e. The van der Waals surface area contributed by atoms with Crippen molar-refractivity contribution in [1.29, 1.82) is 0 Å². The summed E-state index contributed by atoms with van der Waals surface area (Å²) >= 11 is 0. The summed E-state index contributed by atoms with van der Waals surface area (Å²) in [6, 6.07) is 7.61. The van der Waals surface area contributed by atoms with E-state index in [1.807, 2.05) is 18.2 Å². The van der Waals surface area contributed by atoms with E-state index in [1.54, 1.807) is 6.07 Å². The van der Waals surface area contributed by atoms with Crippen LogP contribution in [0.2, 0.25) is 0 Å². The number of ether oxygens (including phenoxy) is 1. The van der Waals surface area contributed by atoms with Crippen LogP contribution in [-0.2, 0) is 6.42 Å². The van der Waals surface area contributed by atoms with Gasteiger partial charge in [0.2, 0.25) is 5.88 Å². The van der Waals surface area contributed by atoms with Crippen LogP contribution in [0, 0.1) is 0 Å². The number of anilines is 2. The van der Waals surface area contributed by atoms with Gasteiger partial charge in [-0.3, -0.25) is 0 Å². The van der Waals surface area contributed by atoms with E-state index in [0.717, 1.165) is 25.1 Å². The van der Waals surface area contributed by atoms with Crippen LogP contribution in [0.5, 0.6) is 11.6 Å². The quantitative estimate of drug-likeness (QED) is 0.844. The van der Waals surface area contributed by atoms with E-state index < -0.39 is 0 Å². The number of hydrogen-bond acceptors (Lipinski definition) is 5. The van der Waals surface area contributed by atoms with Gasteiger partial charge in [-0.05, 0) is 36.6 Å². The van der Waals surface area contributed by atoms with Crippen LogP contribution in [0.3, 0.4) is 0 Å². The average Bonchev–Trinajstić information content (AvgIpc) is 2.39. The maximum absolute atomic E-state index is 5.67. The van der Waals surface area contributed by atoms with E-state index >= 15 is 0 Å². The molecule has 0 spiro atoms. The molecule has 1 aliphatic rings. The number of nitrogens with one attached hydrogen (secondary N) is 1. The van der Waals surface area contributed by atoms with Crippen molar-refractivity contribution >= 4 is 11.5 Å². The molecule has 5 nitrogen and oxygen atoms in total. The predicted molar refractivity (Wildman–Crippen MR) is 69.8 cm³/mol. The molecule has 0 unspecified atom stereocenters. The van der Waals surface area contributed by atoms with E-state index in [9.17, 15) is 0 Å². The Hall–Kier alpha value is -2.30. The van der Waals surface area contributed by atoms with Crippen molar-refractivity contribution in [3.8, 4) is 11.6 Å². The lowest BCUT2D eigenvalue weighted by molar-refractivity contribution is 0.461. The lowest BCUT2D eigenvalue weighted by Gasteiger charge is -2.18. The molecule has 18 heavy (non-hydrogen) atoms. The van der Waals surface area contributed by atoms with Gasteiger partial charge in [0.15, 0.2) is 0 Å². The van der Waals surface area contributed by atoms with Crippen LogP contribution < -0.4 is 15.8 Å². The number of nitrogens with zero attached hydrogens (tertiary/aromatic N) is 2. The van der Waals surface area contributed by atoms with Gasteiger partial charge in [-0.1, -0.05) is 0 Å². The molecule has 1 aromatic heterocycles. The summed E-state index contributed by atoms with van der Waals surface area (Å²) in [5.74, 6) is 1.64. The Balaban J connectivity index is 1.85. The van der Waals surface area contributed by atoms with Gasteiger partial charge < -0.3 is 15.8 Å². The van der Waals surface area contributed by atoms with Gasteiger partial charge in [-0.15, -0.1) is 0 Å². The third-order valence-electron chi connectivity index (χ3n) is 2.90. The Labute approximate surface area is 105 Å². The summed E-state index contributed by atoms with van der Waals surface area (Å²) in [6.45, 7) is 1.04. The van der Waals surface area contributed by atoms with Gasteiger partial charge in [-0.25, -0.2) is 9.97 Å². The number of benzene rings is 1. The number of hydrogen-bond donors (Lipinski definition) is 2. The van der Waals surface area contributed by atoms with E-state index in [2.05, 4.69) is 15.3 Å². The summed E-state index contributed by atoms with van der Waals surface area (Å²) in [5.41, 5.74) is 8.05. The Morgan fingerprint density at radius 1 is 1.22 bits per heavy atom. The Kier molecular flexibility index (Phi) is 2.72. The fourth-order valence-corrected chi connectivity index (χ4v) is 2.04. The first-order chi connectivity index (χ1) is 8.81. The molecule has 2 aromatic rings. The second kappa shape index (κ2) is 4.52. The lowest BCUT2D eigenvalue weighted by Crippen LogP contribution is -2.11. The van der Waals surface area contributed by atoms with Crippen LogP contribution in [0.1, 0.15) is 12.0 Å². The predicted octanol–water partition coefficient (Wildman–Crippen LogP) is 2.21. The number of aromatic nitrogens is 2. The highest BCUT2D eigenvalue weighted by molar-refractivity contribution is 5.56. The molecular weight excluding hydrogens is 228 g/mol. The first-order valence-corrected chi connectivity index (χ1v) is 5.93. The number of nitrogens with two attached hydrogens (primary N) is 1. The minimum atomic E-state index is 0.402. The molecule has 0 bridgehead atoms. The fraction of sp³-hybridized carbons (Fsp3) is 0.231. The van der Waals surface area contributed by atoms with Crippen molar-refractivity contribution < 1.29 is 4.74 Å². The van der Waals surface area contributed by atoms with Gasteiger partial charge >= 0.3 is 0 Å². The number of rotatable bonds is 2. The Morgan fingerprint density at radius 3 is 3.06 bits per heavy atom. The first kappa shape index (κ1) is 10.8. The van der Waals surface area contributed by atoms with Gasteiger partial charge in [0.1, 0.15) is 17.9 Å². The largest absolute Gasteiger partial charge is 0.439 e. The Morgan fingerprint density at radius 2 is 2.17 bits per heavy atom. The third kappa shape index (κ3) is 2.20. The molecule has 2 heterocycles. The minimum Gasteiger partial charge on any atom is -0.439 e. The number of aryl methyl sites for hydroxylation is 1. The molecule has 1 aliphatic heterocycles. The lowest BCUT2D eigenvalue weighted by atomic mass is 10.0. The molecule has 3 N–H and O–H groups in total. The van der Waals surface area contributed by atoms with E-state index in [1.165, 1.54) is 17.6 Å². The van der Waals surface area contributed by atoms with Gasteiger partial charge in [0.25, 0.3) is 0 Å². The fourth-order valence-electron chi connectivity index (χ4n) is 2.04. The van der Waals surface area contributed by atoms with Crippen LogP contribution in [-0.4, -0.2) is 16.5 Å². The molecule has 0 aliphatic carbocycles. The SMILES string of the molecule is Nc1cc(Oc2ccc3c(c2)CCCN3)ncn1.